The molecule has 0 aliphatic carbocycles. The quantitative estimate of drug-likeness (QED) is 0.870. The van der Waals surface area contributed by atoms with Crippen LogP contribution < -0.4 is 0 Å². The van der Waals surface area contributed by atoms with Crippen LogP contribution in [0.15, 0.2) is 36.5 Å². The average Bonchev–Trinajstić information content (AvgIpc) is 3.15. The summed E-state index contributed by atoms with van der Waals surface area (Å²) in [6.07, 6.45) is 4.13. The zero-order chi connectivity index (χ0) is 15.5. The molecule has 116 valence electrons. The Balaban J connectivity index is 1.66. The van der Waals surface area contributed by atoms with Crippen molar-refractivity contribution in [3.63, 3.8) is 0 Å². The normalized spacial score (nSPS) is 17.9. The molecule has 1 atom stereocenters. The van der Waals surface area contributed by atoms with E-state index < -0.39 is 0 Å². The molecule has 1 aromatic heterocycles. The van der Waals surface area contributed by atoms with Gasteiger partial charge in [-0.2, -0.15) is 5.10 Å². The lowest BCUT2D eigenvalue weighted by atomic mass is 10.0. The molecule has 1 amide bonds. The van der Waals surface area contributed by atoms with Crippen LogP contribution in [0.1, 0.15) is 36.6 Å². The second-order valence-corrected chi connectivity index (χ2v) is 5.74. The molecule has 5 heteroatoms. The van der Waals surface area contributed by atoms with Crippen molar-refractivity contribution in [2.24, 2.45) is 0 Å². The fourth-order valence-corrected chi connectivity index (χ4v) is 3.07. The summed E-state index contributed by atoms with van der Waals surface area (Å²) in [6.45, 7) is 3.36. The molecule has 3 rings (SSSR count). The van der Waals surface area contributed by atoms with E-state index in [2.05, 4.69) is 5.10 Å². The maximum Gasteiger partial charge on any atom is 0.224 e. The standard InChI is InChI=1S/C17H20FN3O/c1-13-8-10-19-21(13)12-9-17(22)20-11-2-3-16(20)14-4-6-15(18)7-5-14/h4-8,10,16H,2-3,9,11-12H2,1H3/t16-/m0/s1. The van der Waals surface area contributed by atoms with Crippen LogP contribution in [-0.2, 0) is 11.3 Å². The Labute approximate surface area is 129 Å². The van der Waals surface area contributed by atoms with Gasteiger partial charge in [0.25, 0.3) is 0 Å². The predicted octanol–water partition coefficient (Wildman–Crippen LogP) is 3.08. The van der Waals surface area contributed by atoms with Crippen LogP contribution in [0.2, 0.25) is 0 Å². The van der Waals surface area contributed by atoms with Crippen molar-refractivity contribution >= 4 is 5.91 Å². The summed E-state index contributed by atoms with van der Waals surface area (Å²) in [5.41, 5.74) is 2.08. The predicted molar refractivity (Wildman–Crippen MR) is 81.7 cm³/mol. The van der Waals surface area contributed by atoms with Gasteiger partial charge in [0.05, 0.1) is 6.04 Å². The maximum absolute atomic E-state index is 13.1. The lowest BCUT2D eigenvalue weighted by Crippen LogP contribution is -2.31. The Hall–Kier alpha value is -2.17. The van der Waals surface area contributed by atoms with E-state index in [1.54, 1.807) is 18.3 Å². The lowest BCUT2D eigenvalue weighted by molar-refractivity contribution is -0.132. The van der Waals surface area contributed by atoms with Crippen LogP contribution >= 0.6 is 0 Å². The van der Waals surface area contributed by atoms with E-state index in [1.165, 1.54) is 12.1 Å². The van der Waals surface area contributed by atoms with E-state index in [0.29, 0.717) is 13.0 Å². The largest absolute Gasteiger partial charge is 0.336 e. The summed E-state index contributed by atoms with van der Waals surface area (Å²) in [6, 6.07) is 8.49. The highest BCUT2D eigenvalue weighted by Crippen LogP contribution is 2.32. The van der Waals surface area contributed by atoms with Crippen molar-refractivity contribution < 1.29 is 9.18 Å². The molecule has 4 nitrogen and oxygen atoms in total. The number of carbonyl (C=O) groups excluding carboxylic acids is 1. The molecule has 0 unspecified atom stereocenters. The molecule has 0 N–H and O–H groups in total. The molecule has 22 heavy (non-hydrogen) atoms. The third kappa shape index (κ3) is 3.03. The molecule has 2 aromatic rings. The van der Waals surface area contributed by atoms with E-state index in [1.807, 2.05) is 22.6 Å². The fraction of sp³-hybridized carbons (Fsp3) is 0.412. The second kappa shape index (κ2) is 6.30. The van der Waals surface area contributed by atoms with Crippen molar-refractivity contribution in [1.82, 2.24) is 14.7 Å². The van der Waals surface area contributed by atoms with E-state index in [-0.39, 0.29) is 17.8 Å². The first kappa shape index (κ1) is 14.8. The van der Waals surface area contributed by atoms with Gasteiger partial charge in [0.1, 0.15) is 5.82 Å². The minimum atomic E-state index is -0.242. The maximum atomic E-state index is 13.1. The van der Waals surface area contributed by atoms with E-state index in [0.717, 1.165) is 30.6 Å². The minimum Gasteiger partial charge on any atom is -0.336 e. The van der Waals surface area contributed by atoms with Crippen LogP contribution in [0, 0.1) is 12.7 Å². The topological polar surface area (TPSA) is 38.1 Å². The summed E-state index contributed by atoms with van der Waals surface area (Å²) in [5.74, 6) is -0.101. The van der Waals surface area contributed by atoms with Gasteiger partial charge in [0.2, 0.25) is 5.91 Å². The number of hydrogen-bond donors (Lipinski definition) is 0. The molecule has 1 aliphatic rings. The van der Waals surface area contributed by atoms with Gasteiger partial charge in [-0.3, -0.25) is 9.48 Å². The molecule has 1 aliphatic heterocycles. The van der Waals surface area contributed by atoms with Gasteiger partial charge >= 0.3 is 0 Å². The van der Waals surface area contributed by atoms with Gasteiger partial charge in [-0.25, -0.2) is 4.39 Å². The first-order valence-corrected chi connectivity index (χ1v) is 7.68. The van der Waals surface area contributed by atoms with Crippen molar-refractivity contribution in [2.75, 3.05) is 6.54 Å². The molecule has 0 saturated carbocycles. The van der Waals surface area contributed by atoms with Crippen molar-refractivity contribution in [2.45, 2.75) is 38.8 Å². The zero-order valence-corrected chi connectivity index (χ0v) is 12.7. The molecule has 2 heterocycles. The van der Waals surface area contributed by atoms with Gasteiger partial charge in [0.15, 0.2) is 0 Å². The Bertz CT molecular complexity index is 650. The molecule has 1 fully saturated rings. The highest BCUT2D eigenvalue weighted by atomic mass is 19.1. The summed E-state index contributed by atoms with van der Waals surface area (Å²) in [7, 11) is 0. The van der Waals surface area contributed by atoms with Crippen molar-refractivity contribution in [1.29, 1.82) is 0 Å². The smallest absolute Gasteiger partial charge is 0.224 e. The number of benzene rings is 1. The van der Waals surface area contributed by atoms with E-state index in [4.69, 9.17) is 0 Å². The van der Waals surface area contributed by atoms with Crippen LogP contribution in [0.5, 0.6) is 0 Å². The molecule has 1 aromatic carbocycles. The van der Waals surface area contributed by atoms with Crippen LogP contribution in [0.4, 0.5) is 4.39 Å². The number of rotatable bonds is 4. The van der Waals surface area contributed by atoms with Gasteiger partial charge in [-0.15, -0.1) is 0 Å². The highest BCUT2D eigenvalue weighted by molar-refractivity contribution is 5.77. The van der Waals surface area contributed by atoms with Gasteiger partial charge in [0, 0.05) is 31.4 Å². The van der Waals surface area contributed by atoms with E-state index >= 15 is 0 Å². The number of nitrogens with zero attached hydrogens (tertiary/aromatic N) is 3. The summed E-state index contributed by atoms with van der Waals surface area (Å²) in [4.78, 5) is 14.4. The number of hydrogen-bond acceptors (Lipinski definition) is 2. The zero-order valence-electron chi connectivity index (χ0n) is 12.7. The number of amides is 1. The fourth-order valence-electron chi connectivity index (χ4n) is 3.07. The Kier molecular flexibility index (Phi) is 4.22. The minimum absolute atomic E-state index is 0.0758. The van der Waals surface area contributed by atoms with Crippen molar-refractivity contribution in [3.8, 4) is 0 Å². The summed E-state index contributed by atoms with van der Waals surface area (Å²) < 4.78 is 14.9. The summed E-state index contributed by atoms with van der Waals surface area (Å²) >= 11 is 0. The lowest BCUT2D eigenvalue weighted by Gasteiger charge is -2.25. The van der Waals surface area contributed by atoms with Crippen LogP contribution in [0.25, 0.3) is 0 Å². The highest BCUT2D eigenvalue weighted by Gasteiger charge is 2.29. The molecule has 0 bridgehead atoms. The Morgan fingerprint density at radius 1 is 1.32 bits per heavy atom. The Morgan fingerprint density at radius 2 is 2.09 bits per heavy atom. The SMILES string of the molecule is Cc1ccnn1CCC(=O)N1CCC[C@H]1c1ccc(F)cc1. The first-order chi connectivity index (χ1) is 10.6. The Morgan fingerprint density at radius 3 is 2.77 bits per heavy atom. The third-order valence-corrected chi connectivity index (χ3v) is 4.29. The van der Waals surface area contributed by atoms with Crippen LogP contribution in [0.3, 0.4) is 0 Å². The monoisotopic (exact) mass is 301 g/mol. The van der Waals surface area contributed by atoms with E-state index in [9.17, 15) is 9.18 Å². The molecule has 0 spiro atoms. The number of halogens is 1. The number of aryl methyl sites for hydroxylation is 2. The van der Waals surface area contributed by atoms with Gasteiger partial charge < -0.3 is 4.90 Å². The van der Waals surface area contributed by atoms with Crippen LogP contribution in [-0.4, -0.2) is 27.1 Å². The number of likely N-dealkylation sites (tertiary alicyclic amines) is 1. The average molecular weight is 301 g/mol. The molecule has 1 saturated heterocycles. The number of aromatic nitrogens is 2. The number of carbonyl (C=O) groups is 1. The third-order valence-electron chi connectivity index (χ3n) is 4.29. The molecular weight excluding hydrogens is 281 g/mol. The van der Waals surface area contributed by atoms with Gasteiger partial charge in [-0.05, 0) is 43.5 Å². The second-order valence-electron chi connectivity index (χ2n) is 5.74. The molecular formula is C17H20FN3O. The molecule has 0 radical (unpaired) electrons. The van der Waals surface area contributed by atoms with Gasteiger partial charge in [-0.1, -0.05) is 12.1 Å². The van der Waals surface area contributed by atoms with Crippen molar-refractivity contribution in [3.05, 3.63) is 53.6 Å². The summed E-state index contributed by atoms with van der Waals surface area (Å²) in [5, 5.41) is 4.21. The first-order valence-electron chi connectivity index (χ1n) is 7.68.